The second-order valence-corrected chi connectivity index (χ2v) is 1.37. The van der Waals surface area contributed by atoms with Crippen molar-refractivity contribution in [2.24, 2.45) is 5.73 Å². The number of nitrogens with one attached hydrogen (secondary N) is 2. The van der Waals surface area contributed by atoms with Gasteiger partial charge in [0.2, 0.25) is 0 Å². The fraction of sp³-hybridized carbons (Fsp3) is 0.500. The van der Waals surface area contributed by atoms with Crippen LogP contribution in [0.5, 0.6) is 0 Å². The molecule has 52 valence electrons. The van der Waals surface area contributed by atoms with Gasteiger partial charge in [-0.05, 0) is 0 Å². The number of nitrogens with two attached hydrogens (primary N) is 1. The third-order valence-electron chi connectivity index (χ3n) is 0.538. The van der Waals surface area contributed by atoms with Crippen LogP contribution in [-0.4, -0.2) is 18.7 Å². The molecular weight excluding hydrogens is 122 g/mol. The Balaban J connectivity index is 3.10. The molecule has 0 fully saturated rings. The van der Waals surface area contributed by atoms with Crippen LogP contribution in [0.2, 0.25) is 0 Å². The van der Waals surface area contributed by atoms with Crippen LogP contribution in [0.1, 0.15) is 6.92 Å². The predicted molar refractivity (Wildman–Crippen MR) is 31.7 cm³/mol. The molecule has 0 aromatic heterocycles. The Labute approximate surface area is 52.7 Å². The first-order valence-corrected chi connectivity index (χ1v) is 2.34. The van der Waals surface area contributed by atoms with Gasteiger partial charge >= 0.3 is 5.97 Å². The summed E-state index contributed by atoms with van der Waals surface area (Å²) < 4.78 is 4.38. The molecule has 0 aromatic rings. The summed E-state index contributed by atoms with van der Waals surface area (Å²) in [5.41, 5.74) is 4.86. The van der Waals surface area contributed by atoms with Gasteiger partial charge in [0.15, 0.2) is 12.7 Å². The lowest BCUT2D eigenvalue weighted by Crippen LogP contribution is -2.32. The van der Waals surface area contributed by atoms with Crippen molar-refractivity contribution in [3.8, 4) is 0 Å². The predicted octanol–water partition coefficient (Wildman–Crippen LogP) is -1.01. The summed E-state index contributed by atoms with van der Waals surface area (Å²) in [6.45, 7) is 1.24. The van der Waals surface area contributed by atoms with E-state index in [0.717, 1.165) is 0 Å². The van der Waals surface area contributed by atoms with Gasteiger partial charge in [-0.1, -0.05) is 0 Å². The number of guanidine groups is 1. The highest BCUT2D eigenvalue weighted by molar-refractivity contribution is 5.74. The smallest absolute Gasteiger partial charge is 0.304 e. The Kier molecular flexibility index (Phi) is 3.19. The molecular formula is C4H9N3O2. The first-order chi connectivity index (χ1) is 4.13. The molecule has 0 saturated heterocycles. The summed E-state index contributed by atoms with van der Waals surface area (Å²) in [6, 6.07) is 0. The summed E-state index contributed by atoms with van der Waals surface area (Å²) in [7, 11) is 0. The highest BCUT2D eigenvalue weighted by Gasteiger charge is 1.89. The van der Waals surface area contributed by atoms with Crippen molar-refractivity contribution in [3.05, 3.63) is 0 Å². The van der Waals surface area contributed by atoms with E-state index in [9.17, 15) is 4.79 Å². The largest absolute Gasteiger partial charge is 0.445 e. The Bertz CT molecular complexity index is 109. The van der Waals surface area contributed by atoms with Gasteiger partial charge in [0.25, 0.3) is 0 Å². The zero-order valence-corrected chi connectivity index (χ0v) is 5.10. The molecule has 0 aromatic carbocycles. The van der Waals surface area contributed by atoms with Gasteiger partial charge < -0.3 is 15.8 Å². The fourth-order valence-electron chi connectivity index (χ4n) is 0.215. The van der Waals surface area contributed by atoms with E-state index in [4.69, 9.17) is 11.1 Å². The number of esters is 1. The molecule has 0 unspecified atom stereocenters. The van der Waals surface area contributed by atoms with Gasteiger partial charge in [-0.25, -0.2) is 0 Å². The lowest BCUT2D eigenvalue weighted by Gasteiger charge is -2.01. The van der Waals surface area contributed by atoms with Crippen LogP contribution in [-0.2, 0) is 9.53 Å². The maximum absolute atomic E-state index is 10.1. The summed E-state index contributed by atoms with van der Waals surface area (Å²) in [6.07, 6.45) is 0. The minimum absolute atomic E-state index is 0.0370. The van der Waals surface area contributed by atoms with Gasteiger partial charge in [-0.3, -0.25) is 10.2 Å². The molecule has 0 radical (unpaired) electrons. The molecule has 4 N–H and O–H groups in total. The standard InChI is InChI=1S/C4H9N3O2/c1-3(8)9-2-7-4(5)6/h2H2,1H3,(H4,5,6,7). The van der Waals surface area contributed by atoms with Crippen LogP contribution in [0.15, 0.2) is 0 Å². The molecule has 0 atom stereocenters. The second kappa shape index (κ2) is 3.71. The molecule has 5 heteroatoms. The van der Waals surface area contributed by atoms with E-state index in [-0.39, 0.29) is 12.7 Å². The zero-order chi connectivity index (χ0) is 7.28. The first-order valence-electron chi connectivity index (χ1n) is 2.34. The van der Waals surface area contributed by atoms with E-state index in [1.165, 1.54) is 6.92 Å². The van der Waals surface area contributed by atoms with Crippen LogP contribution in [0.25, 0.3) is 0 Å². The Morgan fingerprint density at radius 3 is 2.78 bits per heavy atom. The van der Waals surface area contributed by atoms with Crippen molar-refractivity contribution in [2.45, 2.75) is 6.92 Å². The summed E-state index contributed by atoms with van der Waals surface area (Å²) in [4.78, 5) is 10.1. The van der Waals surface area contributed by atoms with E-state index in [0.29, 0.717) is 0 Å². The molecule has 0 aliphatic rings. The van der Waals surface area contributed by atoms with Gasteiger partial charge in [0.05, 0.1) is 0 Å². The van der Waals surface area contributed by atoms with Crippen molar-refractivity contribution in [2.75, 3.05) is 6.73 Å². The molecule has 0 saturated carbocycles. The average Bonchev–Trinajstić information content (AvgIpc) is 1.63. The lowest BCUT2D eigenvalue weighted by atomic mass is 10.8. The summed E-state index contributed by atoms with van der Waals surface area (Å²) >= 11 is 0. The van der Waals surface area contributed by atoms with E-state index in [1.807, 2.05) is 0 Å². The topological polar surface area (TPSA) is 88.2 Å². The van der Waals surface area contributed by atoms with E-state index < -0.39 is 5.97 Å². The van der Waals surface area contributed by atoms with Gasteiger partial charge in [-0.2, -0.15) is 0 Å². The molecule has 9 heavy (non-hydrogen) atoms. The molecule has 0 rings (SSSR count). The molecule has 0 bridgehead atoms. The van der Waals surface area contributed by atoms with Crippen LogP contribution in [0.3, 0.4) is 0 Å². The minimum atomic E-state index is -0.399. The number of hydrogen-bond acceptors (Lipinski definition) is 3. The van der Waals surface area contributed by atoms with Crippen LogP contribution >= 0.6 is 0 Å². The quantitative estimate of drug-likeness (QED) is 0.194. The Morgan fingerprint density at radius 2 is 2.44 bits per heavy atom. The maximum atomic E-state index is 10.1. The van der Waals surface area contributed by atoms with Crippen molar-refractivity contribution in [3.63, 3.8) is 0 Å². The molecule has 0 heterocycles. The third kappa shape index (κ3) is 6.74. The molecule has 0 aliphatic carbocycles. The molecule has 5 nitrogen and oxygen atoms in total. The van der Waals surface area contributed by atoms with Crippen molar-refractivity contribution < 1.29 is 9.53 Å². The fourth-order valence-corrected chi connectivity index (χ4v) is 0.215. The van der Waals surface area contributed by atoms with Crippen molar-refractivity contribution in [1.29, 1.82) is 5.41 Å². The summed E-state index contributed by atoms with van der Waals surface area (Å²) in [5, 5.41) is 8.91. The minimum Gasteiger partial charge on any atom is -0.445 e. The monoisotopic (exact) mass is 131 g/mol. The van der Waals surface area contributed by atoms with Gasteiger partial charge in [0, 0.05) is 6.92 Å². The van der Waals surface area contributed by atoms with Gasteiger partial charge in [-0.15, -0.1) is 0 Å². The summed E-state index contributed by atoms with van der Waals surface area (Å²) in [5.74, 6) is -0.611. The van der Waals surface area contributed by atoms with Crippen molar-refractivity contribution in [1.82, 2.24) is 5.32 Å². The Hall–Kier alpha value is -1.26. The highest BCUT2D eigenvalue weighted by atomic mass is 16.5. The number of carbonyl (C=O) groups excluding carboxylic acids is 1. The molecule has 0 aliphatic heterocycles. The molecule has 0 spiro atoms. The van der Waals surface area contributed by atoms with Crippen LogP contribution in [0, 0.1) is 5.41 Å². The van der Waals surface area contributed by atoms with E-state index >= 15 is 0 Å². The zero-order valence-electron chi connectivity index (χ0n) is 5.10. The highest BCUT2D eigenvalue weighted by Crippen LogP contribution is 1.69. The van der Waals surface area contributed by atoms with Crippen LogP contribution < -0.4 is 11.1 Å². The second-order valence-electron chi connectivity index (χ2n) is 1.37. The normalized spacial score (nSPS) is 8.11. The lowest BCUT2D eigenvalue weighted by molar-refractivity contribution is -0.141. The average molecular weight is 131 g/mol. The third-order valence-corrected chi connectivity index (χ3v) is 0.538. The van der Waals surface area contributed by atoms with E-state index in [1.54, 1.807) is 0 Å². The number of ether oxygens (including phenoxy) is 1. The SMILES string of the molecule is CC(=O)OCNC(=N)N. The van der Waals surface area contributed by atoms with Gasteiger partial charge in [0.1, 0.15) is 0 Å². The van der Waals surface area contributed by atoms with Crippen molar-refractivity contribution >= 4 is 11.9 Å². The first kappa shape index (κ1) is 7.74. The number of carbonyl (C=O) groups is 1. The maximum Gasteiger partial charge on any atom is 0.304 e. The number of hydrogen-bond donors (Lipinski definition) is 3. The Morgan fingerprint density at radius 1 is 1.89 bits per heavy atom. The van der Waals surface area contributed by atoms with Crippen LogP contribution in [0.4, 0.5) is 0 Å². The van der Waals surface area contributed by atoms with E-state index in [2.05, 4.69) is 10.1 Å². The molecule has 0 amide bonds. The number of rotatable bonds is 2.